The van der Waals surface area contributed by atoms with E-state index in [1.54, 1.807) is 18.3 Å². The summed E-state index contributed by atoms with van der Waals surface area (Å²) in [5, 5.41) is 6.49. The van der Waals surface area contributed by atoms with Crippen molar-refractivity contribution in [2.45, 2.75) is 13.8 Å². The second-order valence-corrected chi connectivity index (χ2v) is 6.40. The minimum atomic E-state index is -0.473. The van der Waals surface area contributed by atoms with Crippen molar-refractivity contribution >= 4 is 40.8 Å². The summed E-state index contributed by atoms with van der Waals surface area (Å²) in [6, 6.07) is 13.1. The van der Waals surface area contributed by atoms with E-state index in [2.05, 4.69) is 20.6 Å². The molecule has 0 aliphatic carbocycles. The molecule has 0 aliphatic heterocycles. The highest BCUT2D eigenvalue weighted by Crippen LogP contribution is 2.26. The van der Waals surface area contributed by atoms with E-state index in [-0.39, 0.29) is 0 Å². The molecule has 0 bridgehead atoms. The molecule has 0 radical (unpaired) electrons. The van der Waals surface area contributed by atoms with Gasteiger partial charge in [-0.2, -0.15) is 4.98 Å². The first-order valence-electron chi connectivity index (χ1n) is 8.72. The Balaban J connectivity index is 1.80. The SMILES string of the molecule is Cc1cc(C=CC(N)=O)cc(C)c1Nc1ccnc(Nc2ccc(N)cc2)n1. The minimum absolute atomic E-state index is 0.473. The molecule has 0 saturated carbocycles. The Morgan fingerprint density at radius 2 is 1.71 bits per heavy atom. The molecule has 0 unspecified atom stereocenters. The van der Waals surface area contributed by atoms with Gasteiger partial charge in [-0.05, 0) is 79.1 Å². The second kappa shape index (κ2) is 8.22. The van der Waals surface area contributed by atoms with Gasteiger partial charge in [0.25, 0.3) is 0 Å². The van der Waals surface area contributed by atoms with E-state index < -0.39 is 5.91 Å². The van der Waals surface area contributed by atoms with Crippen molar-refractivity contribution in [3.8, 4) is 0 Å². The van der Waals surface area contributed by atoms with Crippen LogP contribution in [0.3, 0.4) is 0 Å². The number of carbonyl (C=O) groups is 1. The fourth-order valence-corrected chi connectivity index (χ4v) is 2.78. The maximum Gasteiger partial charge on any atom is 0.241 e. The van der Waals surface area contributed by atoms with Crippen molar-refractivity contribution in [2.24, 2.45) is 5.73 Å². The van der Waals surface area contributed by atoms with Gasteiger partial charge < -0.3 is 22.1 Å². The van der Waals surface area contributed by atoms with Crippen LogP contribution in [0.2, 0.25) is 0 Å². The Kier molecular flexibility index (Phi) is 5.55. The lowest BCUT2D eigenvalue weighted by atomic mass is 10.0. The fraction of sp³-hybridized carbons (Fsp3) is 0.0952. The molecular weight excluding hydrogens is 352 g/mol. The summed E-state index contributed by atoms with van der Waals surface area (Å²) < 4.78 is 0. The van der Waals surface area contributed by atoms with Gasteiger partial charge in [-0.15, -0.1) is 0 Å². The van der Waals surface area contributed by atoms with Crippen LogP contribution >= 0.6 is 0 Å². The van der Waals surface area contributed by atoms with Gasteiger partial charge in [-0.3, -0.25) is 4.79 Å². The third-order valence-corrected chi connectivity index (χ3v) is 4.07. The van der Waals surface area contributed by atoms with Crippen molar-refractivity contribution in [1.82, 2.24) is 9.97 Å². The molecule has 142 valence electrons. The molecule has 0 atom stereocenters. The van der Waals surface area contributed by atoms with Crippen LogP contribution in [-0.2, 0) is 4.79 Å². The van der Waals surface area contributed by atoms with E-state index in [4.69, 9.17) is 11.5 Å². The molecule has 1 heterocycles. The van der Waals surface area contributed by atoms with Gasteiger partial charge >= 0.3 is 0 Å². The highest BCUT2D eigenvalue weighted by molar-refractivity contribution is 5.90. The number of benzene rings is 2. The van der Waals surface area contributed by atoms with Crippen LogP contribution in [0.1, 0.15) is 16.7 Å². The number of aryl methyl sites for hydroxylation is 2. The molecule has 28 heavy (non-hydrogen) atoms. The summed E-state index contributed by atoms with van der Waals surface area (Å²) in [5.74, 6) is 0.672. The lowest BCUT2D eigenvalue weighted by molar-refractivity contribution is -0.113. The second-order valence-electron chi connectivity index (χ2n) is 6.40. The molecule has 6 N–H and O–H groups in total. The molecule has 0 spiro atoms. The zero-order valence-electron chi connectivity index (χ0n) is 15.7. The number of anilines is 5. The van der Waals surface area contributed by atoms with Gasteiger partial charge in [-0.25, -0.2) is 4.98 Å². The maximum absolute atomic E-state index is 10.9. The number of nitrogens with zero attached hydrogens (tertiary/aromatic N) is 2. The quantitative estimate of drug-likeness (QED) is 0.386. The lowest BCUT2D eigenvalue weighted by Crippen LogP contribution is -2.05. The Morgan fingerprint density at radius 3 is 2.36 bits per heavy atom. The van der Waals surface area contributed by atoms with Crippen LogP contribution < -0.4 is 22.1 Å². The molecule has 1 aromatic heterocycles. The van der Waals surface area contributed by atoms with Crippen molar-refractivity contribution in [1.29, 1.82) is 0 Å². The zero-order valence-corrected chi connectivity index (χ0v) is 15.7. The number of amides is 1. The molecule has 0 saturated heterocycles. The molecule has 7 heteroatoms. The molecule has 0 fully saturated rings. The van der Waals surface area contributed by atoms with Crippen molar-refractivity contribution in [3.63, 3.8) is 0 Å². The number of rotatable bonds is 6. The number of hydrogen-bond acceptors (Lipinski definition) is 6. The summed E-state index contributed by atoms with van der Waals surface area (Å²) >= 11 is 0. The topological polar surface area (TPSA) is 119 Å². The highest BCUT2D eigenvalue weighted by atomic mass is 16.1. The summed E-state index contributed by atoms with van der Waals surface area (Å²) in [4.78, 5) is 19.7. The van der Waals surface area contributed by atoms with Crippen molar-refractivity contribution in [2.75, 3.05) is 16.4 Å². The van der Waals surface area contributed by atoms with Crippen LogP contribution in [-0.4, -0.2) is 15.9 Å². The highest BCUT2D eigenvalue weighted by Gasteiger charge is 2.07. The fourth-order valence-electron chi connectivity index (χ4n) is 2.78. The Labute approximate surface area is 163 Å². The smallest absolute Gasteiger partial charge is 0.241 e. The first-order valence-corrected chi connectivity index (χ1v) is 8.72. The van der Waals surface area contributed by atoms with Gasteiger partial charge in [0, 0.05) is 29.3 Å². The van der Waals surface area contributed by atoms with Crippen LogP contribution in [0, 0.1) is 13.8 Å². The van der Waals surface area contributed by atoms with Crippen molar-refractivity contribution in [3.05, 3.63) is 71.4 Å². The molecule has 3 aromatic rings. The Morgan fingerprint density at radius 1 is 1.04 bits per heavy atom. The average Bonchev–Trinajstić information content (AvgIpc) is 2.65. The minimum Gasteiger partial charge on any atom is -0.399 e. The molecule has 7 nitrogen and oxygen atoms in total. The molecule has 2 aromatic carbocycles. The standard InChI is InChI=1S/C21H22N6O/c1-13-11-15(3-8-18(23)28)12-14(2)20(13)26-19-9-10-24-21(27-19)25-17-6-4-16(22)5-7-17/h3-12H,22H2,1-2H3,(H2,23,28)(H2,24,25,26,27). The van der Waals surface area contributed by atoms with Crippen LogP contribution in [0.4, 0.5) is 28.8 Å². The number of aromatic nitrogens is 2. The van der Waals surface area contributed by atoms with Crippen LogP contribution in [0.5, 0.6) is 0 Å². The van der Waals surface area contributed by atoms with E-state index in [0.29, 0.717) is 17.5 Å². The number of carbonyl (C=O) groups excluding carboxylic acids is 1. The summed E-state index contributed by atoms with van der Waals surface area (Å²) in [6.45, 7) is 3.98. The lowest BCUT2D eigenvalue weighted by Gasteiger charge is -2.14. The number of nitrogens with two attached hydrogens (primary N) is 2. The third-order valence-electron chi connectivity index (χ3n) is 4.07. The van der Waals surface area contributed by atoms with Gasteiger partial charge in [0.1, 0.15) is 5.82 Å². The van der Waals surface area contributed by atoms with E-state index in [9.17, 15) is 4.79 Å². The van der Waals surface area contributed by atoms with Gasteiger partial charge in [0.15, 0.2) is 0 Å². The monoisotopic (exact) mass is 374 g/mol. The Bertz CT molecular complexity index is 1000. The first kappa shape index (κ1) is 18.9. The van der Waals surface area contributed by atoms with E-state index in [1.807, 2.05) is 50.2 Å². The first-order chi connectivity index (χ1) is 13.4. The normalized spacial score (nSPS) is 10.8. The third kappa shape index (κ3) is 4.85. The summed E-state index contributed by atoms with van der Waals surface area (Å²) in [5.41, 5.74) is 16.3. The largest absolute Gasteiger partial charge is 0.399 e. The summed E-state index contributed by atoms with van der Waals surface area (Å²) in [7, 11) is 0. The van der Waals surface area contributed by atoms with Gasteiger partial charge in [0.2, 0.25) is 11.9 Å². The van der Waals surface area contributed by atoms with Crippen LogP contribution in [0.25, 0.3) is 6.08 Å². The van der Waals surface area contributed by atoms with E-state index in [1.165, 1.54) is 6.08 Å². The number of primary amides is 1. The Hall–Kier alpha value is -3.87. The predicted octanol–water partition coefficient (Wildman–Crippen LogP) is 3.66. The van der Waals surface area contributed by atoms with E-state index >= 15 is 0 Å². The van der Waals surface area contributed by atoms with Crippen molar-refractivity contribution < 1.29 is 4.79 Å². The zero-order chi connectivity index (χ0) is 20.1. The maximum atomic E-state index is 10.9. The number of nitrogen functional groups attached to an aromatic ring is 1. The van der Waals surface area contributed by atoms with Crippen LogP contribution in [0.15, 0.2) is 54.7 Å². The number of hydrogen-bond donors (Lipinski definition) is 4. The summed E-state index contributed by atoms with van der Waals surface area (Å²) in [6.07, 6.45) is 4.73. The molecule has 0 aliphatic rings. The molecular formula is C21H22N6O. The predicted molar refractivity (Wildman–Crippen MR) is 114 cm³/mol. The van der Waals surface area contributed by atoms with Gasteiger partial charge in [-0.1, -0.05) is 0 Å². The average molecular weight is 374 g/mol. The van der Waals surface area contributed by atoms with E-state index in [0.717, 1.165) is 28.1 Å². The molecule has 3 rings (SSSR count). The molecule has 1 amide bonds. The van der Waals surface area contributed by atoms with Gasteiger partial charge in [0.05, 0.1) is 0 Å². The number of nitrogens with one attached hydrogen (secondary N) is 2.